The average molecular weight is 213 g/mol. The van der Waals surface area contributed by atoms with E-state index in [4.69, 9.17) is 5.73 Å². The molecule has 0 amide bonds. The average Bonchev–Trinajstić information content (AvgIpc) is 2.17. The SMILES string of the molecule is CCCC(N)C(=O)c1ccc(F)cc1F. The minimum Gasteiger partial charge on any atom is -0.321 e. The second-order valence-electron chi connectivity index (χ2n) is 3.38. The standard InChI is InChI=1S/C11H13F2NO/c1-2-3-10(14)11(15)8-5-4-7(12)6-9(8)13/h4-6,10H,2-3,14H2,1H3. The minimum atomic E-state index is -0.855. The van der Waals surface area contributed by atoms with Crippen molar-refractivity contribution in [2.75, 3.05) is 0 Å². The molecule has 0 aliphatic carbocycles. The van der Waals surface area contributed by atoms with Crippen molar-refractivity contribution < 1.29 is 13.6 Å². The van der Waals surface area contributed by atoms with Gasteiger partial charge in [0.25, 0.3) is 0 Å². The fraction of sp³-hybridized carbons (Fsp3) is 0.364. The van der Waals surface area contributed by atoms with Crippen molar-refractivity contribution in [3.05, 3.63) is 35.4 Å². The predicted molar refractivity (Wildman–Crippen MR) is 53.6 cm³/mol. The molecule has 1 aromatic rings. The maximum atomic E-state index is 13.2. The highest BCUT2D eigenvalue weighted by Crippen LogP contribution is 2.12. The Morgan fingerprint density at radius 2 is 2.13 bits per heavy atom. The van der Waals surface area contributed by atoms with Gasteiger partial charge in [-0.3, -0.25) is 4.79 Å². The lowest BCUT2D eigenvalue weighted by molar-refractivity contribution is 0.0952. The second kappa shape index (κ2) is 4.98. The van der Waals surface area contributed by atoms with E-state index in [1.807, 2.05) is 6.92 Å². The van der Waals surface area contributed by atoms with E-state index in [0.717, 1.165) is 18.6 Å². The van der Waals surface area contributed by atoms with Gasteiger partial charge in [-0.2, -0.15) is 0 Å². The van der Waals surface area contributed by atoms with Gasteiger partial charge in [0, 0.05) is 6.07 Å². The van der Waals surface area contributed by atoms with Crippen LogP contribution >= 0.6 is 0 Å². The van der Waals surface area contributed by atoms with Crippen molar-refractivity contribution in [1.82, 2.24) is 0 Å². The highest BCUT2D eigenvalue weighted by atomic mass is 19.1. The smallest absolute Gasteiger partial charge is 0.182 e. The van der Waals surface area contributed by atoms with Crippen LogP contribution in [0.4, 0.5) is 8.78 Å². The Labute approximate surface area is 87.1 Å². The first-order valence-electron chi connectivity index (χ1n) is 4.81. The van der Waals surface area contributed by atoms with Gasteiger partial charge >= 0.3 is 0 Å². The molecule has 0 saturated carbocycles. The number of benzene rings is 1. The molecule has 2 nitrogen and oxygen atoms in total. The van der Waals surface area contributed by atoms with E-state index in [9.17, 15) is 13.6 Å². The Morgan fingerprint density at radius 3 is 2.67 bits per heavy atom. The number of ketones is 1. The molecule has 1 unspecified atom stereocenters. The Kier molecular flexibility index (Phi) is 3.91. The molecule has 0 radical (unpaired) electrons. The molecule has 0 aliphatic heterocycles. The highest BCUT2D eigenvalue weighted by molar-refractivity contribution is 6.00. The summed E-state index contributed by atoms with van der Waals surface area (Å²) in [7, 11) is 0. The van der Waals surface area contributed by atoms with Crippen LogP contribution in [-0.4, -0.2) is 11.8 Å². The molecule has 15 heavy (non-hydrogen) atoms. The van der Waals surface area contributed by atoms with Crippen molar-refractivity contribution in [1.29, 1.82) is 0 Å². The first kappa shape index (κ1) is 11.8. The van der Waals surface area contributed by atoms with Gasteiger partial charge in [0.1, 0.15) is 11.6 Å². The lowest BCUT2D eigenvalue weighted by atomic mass is 10.0. The van der Waals surface area contributed by atoms with Crippen molar-refractivity contribution in [3.63, 3.8) is 0 Å². The van der Waals surface area contributed by atoms with Crippen LogP contribution in [0.5, 0.6) is 0 Å². The molecule has 1 aromatic carbocycles. The number of hydrogen-bond donors (Lipinski definition) is 1. The predicted octanol–water partition coefficient (Wildman–Crippen LogP) is 2.27. The van der Waals surface area contributed by atoms with Gasteiger partial charge in [-0.25, -0.2) is 8.78 Å². The molecule has 4 heteroatoms. The van der Waals surface area contributed by atoms with Crippen LogP contribution in [0.1, 0.15) is 30.1 Å². The monoisotopic (exact) mass is 213 g/mol. The number of nitrogens with two attached hydrogens (primary N) is 1. The Balaban J connectivity index is 2.91. The zero-order valence-corrected chi connectivity index (χ0v) is 8.47. The van der Waals surface area contributed by atoms with Crippen LogP contribution < -0.4 is 5.73 Å². The Bertz CT molecular complexity index is 366. The lowest BCUT2D eigenvalue weighted by Crippen LogP contribution is -2.30. The summed E-state index contributed by atoms with van der Waals surface area (Å²) in [5.41, 5.74) is 5.42. The first-order chi connectivity index (χ1) is 7.06. The largest absolute Gasteiger partial charge is 0.321 e. The highest BCUT2D eigenvalue weighted by Gasteiger charge is 2.18. The summed E-state index contributed by atoms with van der Waals surface area (Å²) in [5.74, 6) is -2.03. The number of halogens is 2. The third kappa shape index (κ3) is 2.83. The third-order valence-corrected chi connectivity index (χ3v) is 2.13. The number of carbonyl (C=O) groups is 1. The first-order valence-corrected chi connectivity index (χ1v) is 4.81. The van der Waals surface area contributed by atoms with E-state index in [2.05, 4.69) is 0 Å². The normalized spacial score (nSPS) is 12.5. The molecule has 0 heterocycles. The van der Waals surface area contributed by atoms with Crippen LogP contribution in [0.15, 0.2) is 18.2 Å². The maximum Gasteiger partial charge on any atom is 0.182 e. The summed E-state index contributed by atoms with van der Waals surface area (Å²) in [6.07, 6.45) is 1.24. The van der Waals surface area contributed by atoms with Gasteiger partial charge in [-0.1, -0.05) is 13.3 Å². The number of rotatable bonds is 4. The van der Waals surface area contributed by atoms with Crippen LogP contribution in [0.25, 0.3) is 0 Å². The summed E-state index contributed by atoms with van der Waals surface area (Å²) in [5, 5.41) is 0. The molecule has 0 bridgehead atoms. The molecular weight excluding hydrogens is 200 g/mol. The summed E-state index contributed by atoms with van der Waals surface area (Å²) < 4.78 is 25.8. The van der Waals surface area contributed by atoms with Gasteiger partial charge in [0.15, 0.2) is 5.78 Å². The van der Waals surface area contributed by atoms with E-state index in [1.165, 1.54) is 0 Å². The van der Waals surface area contributed by atoms with E-state index in [1.54, 1.807) is 0 Å². The van der Waals surface area contributed by atoms with Crippen molar-refractivity contribution in [2.24, 2.45) is 5.73 Å². The summed E-state index contributed by atoms with van der Waals surface area (Å²) >= 11 is 0. The van der Waals surface area contributed by atoms with E-state index in [0.29, 0.717) is 12.5 Å². The molecule has 82 valence electrons. The Morgan fingerprint density at radius 1 is 1.47 bits per heavy atom. The van der Waals surface area contributed by atoms with Crippen LogP contribution in [0.3, 0.4) is 0 Å². The maximum absolute atomic E-state index is 13.2. The molecule has 2 N–H and O–H groups in total. The molecule has 0 saturated heterocycles. The summed E-state index contributed by atoms with van der Waals surface area (Å²) in [6, 6.07) is 2.15. The molecular formula is C11H13F2NO. The molecule has 0 fully saturated rings. The lowest BCUT2D eigenvalue weighted by Gasteiger charge is -2.09. The van der Waals surface area contributed by atoms with E-state index < -0.39 is 23.5 Å². The fourth-order valence-corrected chi connectivity index (χ4v) is 1.33. The Hall–Kier alpha value is -1.29. The second-order valence-corrected chi connectivity index (χ2v) is 3.38. The topological polar surface area (TPSA) is 43.1 Å². The summed E-state index contributed by atoms with van der Waals surface area (Å²) in [6.45, 7) is 1.88. The van der Waals surface area contributed by atoms with Gasteiger partial charge in [-0.15, -0.1) is 0 Å². The van der Waals surface area contributed by atoms with Crippen LogP contribution in [0.2, 0.25) is 0 Å². The van der Waals surface area contributed by atoms with E-state index >= 15 is 0 Å². The minimum absolute atomic E-state index is 0.141. The molecule has 1 atom stereocenters. The van der Waals surface area contributed by atoms with Gasteiger partial charge in [0.2, 0.25) is 0 Å². The molecule has 1 rings (SSSR count). The zero-order valence-electron chi connectivity index (χ0n) is 8.47. The van der Waals surface area contributed by atoms with Crippen molar-refractivity contribution in [3.8, 4) is 0 Å². The van der Waals surface area contributed by atoms with Crippen LogP contribution in [0, 0.1) is 11.6 Å². The van der Waals surface area contributed by atoms with Gasteiger partial charge in [-0.05, 0) is 18.6 Å². The molecule has 0 spiro atoms. The zero-order chi connectivity index (χ0) is 11.4. The fourth-order valence-electron chi connectivity index (χ4n) is 1.33. The number of Topliss-reactive ketones (excluding diaryl/α,β-unsaturated/α-hetero) is 1. The van der Waals surface area contributed by atoms with Gasteiger partial charge in [0.05, 0.1) is 11.6 Å². The molecule has 0 aliphatic rings. The quantitative estimate of drug-likeness (QED) is 0.779. The number of hydrogen-bond acceptors (Lipinski definition) is 2. The molecule has 0 aromatic heterocycles. The van der Waals surface area contributed by atoms with Crippen molar-refractivity contribution in [2.45, 2.75) is 25.8 Å². The van der Waals surface area contributed by atoms with Crippen molar-refractivity contribution >= 4 is 5.78 Å². The van der Waals surface area contributed by atoms with E-state index in [-0.39, 0.29) is 5.56 Å². The van der Waals surface area contributed by atoms with Crippen LogP contribution in [-0.2, 0) is 0 Å². The summed E-state index contributed by atoms with van der Waals surface area (Å²) in [4.78, 5) is 11.6. The number of carbonyl (C=O) groups excluding carboxylic acids is 1. The third-order valence-electron chi connectivity index (χ3n) is 2.13. The van der Waals surface area contributed by atoms with Gasteiger partial charge < -0.3 is 5.73 Å².